The van der Waals surface area contributed by atoms with Gasteiger partial charge in [-0.3, -0.25) is 14.4 Å². The number of hydrogen-bond donors (Lipinski definition) is 1. The summed E-state index contributed by atoms with van der Waals surface area (Å²) in [6.07, 6.45) is 2.10. The van der Waals surface area contributed by atoms with Gasteiger partial charge in [0, 0.05) is 30.8 Å². The average Bonchev–Trinajstić information content (AvgIpc) is 3.31. The predicted octanol–water partition coefficient (Wildman–Crippen LogP) is 1.81. The summed E-state index contributed by atoms with van der Waals surface area (Å²) in [5.41, 5.74) is 1.09. The van der Waals surface area contributed by atoms with Crippen molar-refractivity contribution in [2.75, 3.05) is 19.0 Å². The Morgan fingerprint density at radius 2 is 2.05 bits per heavy atom. The summed E-state index contributed by atoms with van der Waals surface area (Å²) in [4.78, 5) is 36.7. The van der Waals surface area contributed by atoms with Crippen LogP contribution in [0.25, 0.3) is 0 Å². The summed E-state index contributed by atoms with van der Waals surface area (Å²) in [7, 11) is 1.34. The molecule has 0 atom stereocenters. The highest BCUT2D eigenvalue weighted by atomic mass is 16.5. The minimum Gasteiger partial charge on any atom is -0.469 e. The van der Waals surface area contributed by atoms with Crippen LogP contribution in [0.1, 0.15) is 36.5 Å². The monoisotopic (exact) mass is 304 g/mol. The zero-order chi connectivity index (χ0) is 16.1. The molecule has 1 saturated carbocycles. The summed E-state index contributed by atoms with van der Waals surface area (Å²) in [6, 6.07) is 7.01. The first kappa shape index (κ1) is 16.0. The Labute approximate surface area is 129 Å². The van der Waals surface area contributed by atoms with Gasteiger partial charge in [-0.05, 0) is 31.0 Å². The number of rotatable bonds is 6. The lowest BCUT2D eigenvalue weighted by molar-refractivity contribution is -0.140. The van der Waals surface area contributed by atoms with Crippen LogP contribution in [0.4, 0.5) is 5.69 Å². The molecule has 1 N–H and O–H groups in total. The molecule has 0 radical (unpaired) electrons. The molecular weight excluding hydrogens is 284 g/mol. The van der Waals surface area contributed by atoms with Crippen molar-refractivity contribution in [3.63, 3.8) is 0 Å². The highest BCUT2D eigenvalue weighted by molar-refractivity contribution is 5.97. The van der Waals surface area contributed by atoms with Crippen LogP contribution in [-0.4, -0.2) is 42.4 Å². The van der Waals surface area contributed by atoms with Gasteiger partial charge < -0.3 is 15.0 Å². The van der Waals surface area contributed by atoms with Gasteiger partial charge in [0.1, 0.15) is 0 Å². The van der Waals surface area contributed by atoms with Crippen LogP contribution >= 0.6 is 0 Å². The molecule has 6 nitrogen and oxygen atoms in total. The third kappa shape index (κ3) is 4.31. The van der Waals surface area contributed by atoms with Gasteiger partial charge >= 0.3 is 5.97 Å². The van der Waals surface area contributed by atoms with Crippen LogP contribution in [0.5, 0.6) is 0 Å². The number of hydrogen-bond acceptors (Lipinski definition) is 4. The van der Waals surface area contributed by atoms with Crippen molar-refractivity contribution < 1.29 is 19.1 Å². The topological polar surface area (TPSA) is 75.7 Å². The van der Waals surface area contributed by atoms with Gasteiger partial charge in [-0.1, -0.05) is 6.07 Å². The second-order valence-corrected chi connectivity index (χ2v) is 5.32. The van der Waals surface area contributed by atoms with Crippen LogP contribution in [0, 0.1) is 0 Å². The number of carbonyl (C=O) groups is 3. The van der Waals surface area contributed by atoms with Gasteiger partial charge in [-0.2, -0.15) is 0 Å². The Kier molecular flexibility index (Phi) is 5.14. The number of ether oxygens (including phenoxy) is 1. The van der Waals surface area contributed by atoms with E-state index < -0.39 is 0 Å². The van der Waals surface area contributed by atoms with E-state index in [1.165, 1.54) is 14.0 Å². The molecule has 0 heterocycles. The van der Waals surface area contributed by atoms with E-state index in [4.69, 9.17) is 0 Å². The fourth-order valence-electron chi connectivity index (χ4n) is 2.25. The van der Waals surface area contributed by atoms with Crippen molar-refractivity contribution in [2.45, 2.75) is 32.2 Å². The number of esters is 1. The van der Waals surface area contributed by atoms with Gasteiger partial charge in [-0.25, -0.2) is 0 Å². The summed E-state index contributed by atoms with van der Waals surface area (Å²) < 4.78 is 4.62. The fraction of sp³-hybridized carbons (Fsp3) is 0.438. The number of amides is 2. The standard InChI is InChI=1S/C16H20N2O4/c1-11(19)17-13-5-3-4-12(10-13)16(21)18(14-6-7-14)9-8-15(20)22-2/h3-5,10,14H,6-9H2,1-2H3,(H,17,19). The minimum absolute atomic E-state index is 0.126. The number of benzene rings is 1. The molecule has 22 heavy (non-hydrogen) atoms. The molecule has 0 bridgehead atoms. The average molecular weight is 304 g/mol. The number of methoxy groups -OCH3 is 1. The zero-order valence-corrected chi connectivity index (χ0v) is 12.8. The maximum absolute atomic E-state index is 12.6. The molecule has 1 aromatic rings. The first-order valence-electron chi connectivity index (χ1n) is 7.26. The van der Waals surface area contributed by atoms with E-state index in [9.17, 15) is 14.4 Å². The normalized spacial score (nSPS) is 13.4. The molecule has 1 aromatic carbocycles. The van der Waals surface area contributed by atoms with Crippen LogP contribution < -0.4 is 5.32 Å². The molecule has 118 valence electrons. The highest BCUT2D eigenvalue weighted by Crippen LogP contribution is 2.28. The molecule has 0 spiro atoms. The largest absolute Gasteiger partial charge is 0.469 e. The lowest BCUT2D eigenvalue weighted by Crippen LogP contribution is -2.35. The van der Waals surface area contributed by atoms with Crippen LogP contribution in [0.3, 0.4) is 0 Å². The third-order valence-electron chi connectivity index (χ3n) is 3.46. The Balaban J connectivity index is 2.09. The van der Waals surface area contributed by atoms with Gasteiger partial charge in [0.2, 0.25) is 5.91 Å². The summed E-state index contributed by atoms with van der Waals surface area (Å²) in [5, 5.41) is 2.66. The maximum Gasteiger partial charge on any atom is 0.307 e. The molecule has 1 aliphatic rings. The Hall–Kier alpha value is -2.37. The van der Waals surface area contributed by atoms with Gasteiger partial charge in [0.15, 0.2) is 0 Å². The maximum atomic E-state index is 12.6. The first-order valence-corrected chi connectivity index (χ1v) is 7.26. The second-order valence-electron chi connectivity index (χ2n) is 5.32. The number of anilines is 1. The van der Waals surface area contributed by atoms with Gasteiger partial charge in [0.05, 0.1) is 13.5 Å². The molecule has 2 amide bonds. The molecule has 0 saturated heterocycles. The summed E-state index contributed by atoms with van der Waals surface area (Å²) >= 11 is 0. The van der Waals surface area contributed by atoms with E-state index in [1.807, 2.05) is 0 Å². The number of nitrogens with one attached hydrogen (secondary N) is 1. The van der Waals surface area contributed by atoms with E-state index in [-0.39, 0.29) is 30.2 Å². The fourth-order valence-corrected chi connectivity index (χ4v) is 2.25. The lowest BCUT2D eigenvalue weighted by Gasteiger charge is -2.22. The molecular formula is C16H20N2O4. The van der Waals surface area contributed by atoms with Crippen molar-refractivity contribution in [3.05, 3.63) is 29.8 Å². The van der Waals surface area contributed by atoms with Crippen LogP contribution in [0.2, 0.25) is 0 Å². The summed E-state index contributed by atoms with van der Waals surface area (Å²) in [5.74, 6) is -0.640. The van der Waals surface area contributed by atoms with Crippen molar-refractivity contribution in [1.82, 2.24) is 4.90 Å². The quantitative estimate of drug-likeness (QED) is 0.813. The molecule has 1 fully saturated rings. The zero-order valence-electron chi connectivity index (χ0n) is 12.8. The second kappa shape index (κ2) is 7.06. The third-order valence-corrected chi connectivity index (χ3v) is 3.46. The summed E-state index contributed by atoms with van der Waals surface area (Å²) in [6.45, 7) is 1.77. The highest BCUT2D eigenvalue weighted by Gasteiger charge is 2.33. The van der Waals surface area contributed by atoms with E-state index >= 15 is 0 Å². The van der Waals surface area contributed by atoms with E-state index in [1.54, 1.807) is 29.2 Å². The molecule has 6 heteroatoms. The SMILES string of the molecule is COC(=O)CCN(C(=O)c1cccc(NC(C)=O)c1)C1CC1. The van der Waals surface area contributed by atoms with E-state index in [0.717, 1.165) is 12.8 Å². The lowest BCUT2D eigenvalue weighted by atomic mass is 10.1. The van der Waals surface area contributed by atoms with Crippen molar-refractivity contribution in [1.29, 1.82) is 0 Å². The number of carbonyl (C=O) groups excluding carboxylic acids is 3. The smallest absolute Gasteiger partial charge is 0.307 e. The Bertz CT molecular complexity index is 581. The van der Waals surface area contributed by atoms with E-state index in [0.29, 0.717) is 17.8 Å². The van der Waals surface area contributed by atoms with Gasteiger partial charge in [-0.15, -0.1) is 0 Å². The van der Waals surface area contributed by atoms with Crippen molar-refractivity contribution in [3.8, 4) is 0 Å². The molecule has 2 rings (SSSR count). The molecule has 0 unspecified atom stereocenters. The van der Waals surface area contributed by atoms with Crippen molar-refractivity contribution in [2.24, 2.45) is 0 Å². The molecule has 1 aliphatic carbocycles. The van der Waals surface area contributed by atoms with Gasteiger partial charge in [0.25, 0.3) is 5.91 Å². The van der Waals surface area contributed by atoms with Crippen LogP contribution in [-0.2, 0) is 14.3 Å². The Morgan fingerprint density at radius 1 is 1.32 bits per heavy atom. The molecule has 0 aliphatic heterocycles. The first-order chi connectivity index (χ1) is 10.5. The minimum atomic E-state index is -0.328. The number of nitrogens with zero attached hydrogens (tertiary/aromatic N) is 1. The Morgan fingerprint density at radius 3 is 2.64 bits per heavy atom. The predicted molar refractivity (Wildman–Crippen MR) is 81.4 cm³/mol. The van der Waals surface area contributed by atoms with E-state index in [2.05, 4.69) is 10.1 Å². The van der Waals surface area contributed by atoms with Crippen LogP contribution in [0.15, 0.2) is 24.3 Å². The van der Waals surface area contributed by atoms with Crippen molar-refractivity contribution >= 4 is 23.5 Å². The molecule has 0 aromatic heterocycles.